The van der Waals surface area contributed by atoms with Crippen LogP contribution in [0.4, 0.5) is 5.13 Å². The molecule has 1 fully saturated rings. The molecule has 0 spiro atoms. The highest BCUT2D eigenvalue weighted by Gasteiger charge is 2.19. The first-order chi connectivity index (χ1) is 10.3. The highest BCUT2D eigenvalue weighted by Crippen LogP contribution is 2.18. The average Bonchev–Trinajstić information content (AvgIpc) is 3.21. The number of anilines is 1. The van der Waals surface area contributed by atoms with Gasteiger partial charge in [0.15, 0.2) is 11.1 Å². The highest BCUT2D eigenvalue weighted by atomic mass is 32.1. The molecular weight excluding hydrogens is 302 g/mol. The minimum atomic E-state index is 0.672. The number of hydrogen-bond donors (Lipinski definition) is 1. The van der Waals surface area contributed by atoms with Crippen molar-refractivity contribution < 1.29 is 0 Å². The number of aromatic nitrogens is 1. The minimum absolute atomic E-state index is 0.672. The summed E-state index contributed by atoms with van der Waals surface area (Å²) in [5, 5.41) is 5.21. The number of thiophene rings is 1. The van der Waals surface area contributed by atoms with E-state index in [1.54, 1.807) is 22.7 Å². The van der Waals surface area contributed by atoms with Crippen LogP contribution in [0, 0.1) is 0 Å². The molecule has 1 aliphatic heterocycles. The first-order valence-electron chi connectivity index (χ1n) is 7.04. The summed E-state index contributed by atoms with van der Waals surface area (Å²) in [6.07, 6.45) is 2.82. The first-order valence-corrected chi connectivity index (χ1v) is 8.80. The van der Waals surface area contributed by atoms with Gasteiger partial charge in [0.05, 0.1) is 0 Å². The highest BCUT2D eigenvalue weighted by molar-refractivity contribution is 7.13. The molecule has 2 aromatic heterocycles. The van der Waals surface area contributed by atoms with Gasteiger partial charge in [-0.1, -0.05) is 6.07 Å². The van der Waals surface area contributed by atoms with Crippen molar-refractivity contribution in [3.63, 3.8) is 0 Å². The molecule has 3 rings (SSSR count). The summed E-state index contributed by atoms with van der Waals surface area (Å²) in [6, 6.07) is 4.22. The zero-order valence-corrected chi connectivity index (χ0v) is 13.4. The number of hydrogen-bond acceptors (Lipinski definition) is 5. The Bertz CT molecular complexity index is 556. The lowest BCUT2D eigenvalue weighted by molar-refractivity contribution is 0.380. The summed E-state index contributed by atoms with van der Waals surface area (Å²) in [5.41, 5.74) is 6.10. The molecule has 112 valence electrons. The Morgan fingerprint density at radius 1 is 1.24 bits per heavy atom. The molecule has 0 atom stereocenters. The van der Waals surface area contributed by atoms with Crippen molar-refractivity contribution in [1.82, 2.24) is 9.88 Å². The third kappa shape index (κ3) is 3.74. The van der Waals surface area contributed by atoms with E-state index >= 15 is 0 Å². The number of guanidine groups is 1. The van der Waals surface area contributed by atoms with Crippen LogP contribution in [0.15, 0.2) is 34.1 Å². The van der Waals surface area contributed by atoms with Gasteiger partial charge in [0.1, 0.15) is 0 Å². The second-order valence-electron chi connectivity index (χ2n) is 4.86. The third-order valence-electron chi connectivity index (χ3n) is 3.51. The Labute approximate surface area is 132 Å². The Kier molecular flexibility index (Phi) is 4.72. The molecule has 0 aliphatic carbocycles. The number of nitrogens with two attached hydrogens (primary N) is 1. The van der Waals surface area contributed by atoms with Crippen LogP contribution in [0.2, 0.25) is 0 Å². The van der Waals surface area contributed by atoms with Gasteiger partial charge in [0.2, 0.25) is 0 Å². The fraction of sp³-hybridized carbons (Fsp3) is 0.429. The maximum atomic E-state index is 6.10. The normalized spacial score (nSPS) is 16.5. The van der Waals surface area contributed by atoms with Crippen LogP contribution < -0.4 is 10.6 Å². The molecule has 2 aromatic rings. The van der Waals surface area contributed by atoms with Crippen molar-refractivity contribution in [2.24, 2.45) is 10.7 Å². The molecule has 21 heavy (non-hydrogen) atoms. The smallest absolute Gasteiger partial charge is 0.191 e. The van der Waals surface area contributed by atoms with E-state index < -0.39 is 0 Å². The van der Waals surface area contributed by atoms with Crippen LogP contribution in [0.3, 0.4) is 0 Å². The van der Waals surface area contributed by atoms with E-state index in [0.717, 1.165) is 44.3 Å². The van der Waals surface area contributed by atoms with Gasteiger partial charge in [0.25, 0.3) is 0 Å². The molecule has 0 amide bonds. The van der Waals surface area contributed by atoms with Crippen molar-refractivity contribution in [1.29, 1.82) is 0 Å². The fourth-order valence-electron chi connectivity index (χ4n) is 2.33. The molecule has 0 aromatic carbocycles. The summed E-state index contributed by atoms with van der Waals surface area (Å²) in [5.74, 6) is 0.672. The van der Waals surface area contributed by atoms with Crippen LogP contribution in [0.25, 0.3) is 0 Å². The van der Waals surface area contributed by atoms with E-state index in [4.69, 9.17) is 5.73 Å². The molecule has 0 bridgehead atoms. The number of nitrogens with zero attached hydrogens (tertiary/aromatic N) is 4. The van der Waals surface area contributed by atoms with Crippen LogP contribution >= 0.6 is 22.7 Å². The van der Waals surface area contributed by atoms with Crippen molar-refractivity contribution >= 4 is 33.8 Å². The van der Waals surface area contributed by atoms with Crippen LogP contribution in [-0.2, 0) is 6.42 Å². The quantitative estimate of drug-likeness (QED) is 0.690. The van der Waals surface area contributed by atoms with Gasteiger partial charge in [-0.25, -0.2) is 4.98 Å². The summed E-state index contributed by atoms with van der Waals surface area (Å²) in [6.45, 7) is 4.49. The Hall–Kier alpha value is -1.60. The summed E-state index contributed by atoms with van der Waals surface area (Å²) < 4.78 is 0. The average molecular weight is 321 g/mol. The second kappa shape index (κ2) is 6.91. The maximum absolute atomic E-state index is 6.10. The van der Waals surface area contributed by atoms with Gasteiger partial charge in [-0.05, 0) is 11.4 Å². The van der Waals surface area contributed by atoms with E-state index in [1.807, 2.05) is 11.6 Å². The van der Waals surface area contributed by atoms with Gasteiger partial charge >= 0.3 is 0 Å². The number of aliphatic imine (C=N–C) groups is 1. The molecule has 0 saturated carbocycles. The van der Waals surface area contributed by atoms with E-state index in [-0.39, 0.29) is 0 Å². The standard InChI is InChI=1S/C14H19N5S2/c15-13(16-4-3-12-2-1-10-20-12)18-6-8-19(9-7-18)14-17-5-11-21-14/h1-2,5,10-11H,3-4,6-9H2,(H2,15,16). The zero-order valence-electron chi connectivity index (χ0n) is 11.8. The van der Waals surface area contributed by atoms with Crippen molar-refractivity contribution in [3.05, 3.63) is 34.0 Å². The monoisotopic (exact) mass is 321 g/mol. The molecule has 1 saturated heterocycles. The summed E-state index contributed by atoms with van der Waals surface area (Å²) in [4.78, 5) is 14.7. The Morgan fingerprint density at radius 2 is 2.10 bits per heavy atom. The lowest BCUT2D eigenvalue weighted by Crippen LogP contribution is -2.51. The molecule has 0 radical (unpaired) electrons. The predicted octanol–water partition coefficient (Wildman–Crippen LogP) is 1.88. The molecule has 1 aliphatic rings. The lowest BCUT2D eigenvalue weighted by Gasteiger charge is -2.35. The van der Waals surface area contributed by atoms with E-state index in [1.165, 1.54) is 4.88 Å². The largest absolute Gasteiger partial charge is 0.370 e. The maximum Gasteiger partial charge on any atom is 0.191 e. The molecule has 5 nitrogen and oxygen atoms in total. The summed E-state index contributed by atoms with van der Waals surface area (Å²) >= 11 is 3.46. The van der Waals surface area contributed by atoms with E-state index in [2.05, 4.69) is 37.3 Å². The van der Waals surface area contributed by atoms with Gasteiger partial charge < -0.3 is 15.5 Å². The minimum Gasteiger partial charge on any atom is -0.370 e. The van der Waals surface area contributed by atoms with Crippen molar-refractivity contribution in [2.75, 3.05) is 37.6 Å². The van der Waals surface area contributed by atoms with Crippen molar-refractivity contribution in [2.45, 2.75) is 6.42 Å². The predicted molar refractivity (Wildman–Crippen MR) is 90.4 cm³/mol. The molecule has 0 unspecified atom stereocenters. The molecule has 3 heterocycles. The zero-order chi connectivity index (χ0) is 14.5. The fourth-order valence-corrected chi connectivity index (χ4v) is 3.73. The topological polar surface area (TPSA) is 57.8 Å². The molecule has 2 N–H and O–H groups in total. The first kappa shape index (κ1) is 14.3. The molecular formula is C14H19N5S2. The lowest BCUT2D eigenvalue weighted by atomic mass is 10.3. The number of thiazole rings is 1. The Balaban J connectivity index is 1.47. The van der Waals surface area contributed by atoms with Gasteiger partial charge in [-0.3, -0.25) is 4.99 Å². The van der Waals surface area contributed by atoms with Crippen LogP contribution in [0.1, 0.15) is 4.88 Å². The van der Waals surface area contributed by atoms with Gasteiger partial charge in [-0.2, -0.15) is 0 Å². The Morgan fingerprint density at radius 3 is 2.76 bits per heavy atom. The SMILES string of the molecule is NC(=NCCc1cccs1)N1CCN(c2nccs2)CC1. The van der Waals surface area contributed by atoms with Crippen LogP contribution in [0.5, 0.6) is 0 Å². The van der Waals surface area contributed by atoms with Gasteiger partial charge in [-0.15, -0.1) is 22.7 Å². The third-order valence-corrected chi connectivity index (χ3v) is 5.27. The van der Waals surface area contributed by atoms with Crippen LogP contribution in [-0.4, -0.2) is 48.6 Å². The molecule has 7 heteroatoms. The van der Waals surface area contributed by atoms with E-state index in [0.29, 0.717) is 5.96 Å². The summed E-state index contributed by atoms with van der Waals surface area (Å²) in [7, 11) is 0. The number of rotatable bonds is 4. The van der Waals surface area contributed by atoms with E-state index in [9.17, 15) is 0 Å². The number of piperazine rings is 1. The second-order valence-corrected chi connectivity index (χ2v) is 6.76. The van der Waals surface area contributed by atoms with Crippen molar-refractivity contribution in [3.8, 4) is 0 Å². The van der Waals surface area contributed by atoms with Gasteiger partial charge in [0, 0.05) is 55.6 Å².